The summed E-state index contributed by atoms with van der Waals surface area (Å²) in [4.78, 5) is 11.1. The molecule has 0 amide bonds. The van der Waals surface area contributed by atoms with Gasteiger partial charge in [-0.2, -0.15) is 22.0 Å². The molecule has 0 radical (unpaired) electrons. The molecule has 0 unspecified atom stereocenters. The fraction of sp³-hybridized carbons (Fsp3) is 0.222. The molecule has 0 fully saturated rings. The highest BCUT2D eigenvalue weighted by atomic mass is 19.4. The molecular formula is C9H7F5N2O2. The largest absolute Gasteiger partial charge is 0.501 e. The number of alkyl halides is 5. The molecule has 0 aliphatic carbocycles. The SMILES string of the molecule is Nc1cc(N)cc(C(=O)OC(F)(F)C(F)(F)F)c1. The molecule has 4 N–H and O–H groups in total. The summed E-state index contributed by atoms with van der Waals surface area (Å²) in [5.41, 5.74) is 9.75. The number of esters is 1. The lowest BCUT2D eigenvalue weighted by molar-refractivity contribution is -0.370. The summed E-state index contributed by atoms with van der Waals surface area (Å²) in [6.07, 6.45) is -11.6. The monoisotopic (exact) mass is 270 g/mol. The van der Waals surface area contributed by atoms with Crippen molar-refractivity contribution in [2.75, 3.05) is 11.5 Å². The maximum absolute atomic E-state index is 12.4. The molecule has 0 bridgehead atoms. The second-order valence-electron chi connectivity index (χ2n) is 3.29. The highest BCUT2D eigenvalue weighted by molar-refractivity contribution is 5.91. The Morgan fingerprint density at radius 2 is 1.44 bits per heavy atom. The predicted octanol–water partition coefficient (Wildman–Crippen LogP) is 2.16. The molecule has 1 aromatic carbocycles. The van der Waals surface area contributed by atoms with E-state index in [9.17, 15) is 26.7 Å². The third-order valence-corrected chi connectivity index (χ3v) is 1.76. The van der Waals surface area contributed by atoms with Crippen LogP contribution in [0, 0.1) is 0 Å². The average Bonchev–Trinajstić information content (AvgIpc) is 2.13. The summed E-state index contributed by atoms with van der Waals surface area (Å²) >= 11 is 0. The zero-order valence-electron chi connectivity index (χ0n) is 8.59. The van der Waals surface area contributed by atoms with Gasteiger partial charge in [0, 0.05) is 11.4 Å². The number of nitrogen functional groups attached to an aromatic ring is 2. The second kappa shape index (κ2) is 4.31. The maximum atomic E-state index is 12.4. The summed E-state index contributed by atoms with van der Waals surface area (Å²) in [6.45, 7) is 0. The smallest absolute Gasteiger partial charge is 0.399 e. The Morgan fingerprint density at radius 3 is 1.83 bits per heavy atom. The van der Waals surface area contributed by atoms with Crippen LogP contribution >= 0.6 is 0 Å². The van der Waals surface area contributed by atoms with E-state index in [1.165, 1.54) is 6.07 Å². The molecule has 4 nitrogen and oxygen atoms in total. The molecule has 1 aromatic rings. The molecule has 0 aliphatic rings. The van der Waals surface area contributed by atoms with Gasteiger partial charge in [-0.3, -0.25) is 0 Å². The minimum Gasteiger partial charge on any atom is -0.399 e. The number of carbonyl (C=O) groups excluding carboxylic acids is 1. The van der Waals surface area contributed by atoms with Crippen molar-refractivity contribution in [1.82, 2.24) is 0 Å². The first-order chi connectivity index (χ1) is 8.03. The molecule has 9 heteroatoms. The van der Waals surface area contributed by atoms with Gasteiger partial charge >= 0.3 is 18.3 Å². The standard InChI is InChI=1S/C9H7F5N2O2/c10-8(11,12)9(13,14)18-7(17)4-1-5(15)3-6(16)2-4/h1-3H,15-16H2. The molecule has 0 aromatic heterocycles. The Labute approximate surface area is 97.3 Å². The number of hydrogen-bond donors (Lipinski definition) is 2. The first-order valence-corrected chi connectivity index (χ1v) is 4.37. The Kier molecular flexibility index (Phi) is 3.36. The van der Waals surface area contributed by atoms with Crippen LogP contribution in [0.3, 0.4) is 0 Å². The van der Waals surface area contributed by atoms with Crippen molar-refractivity contribution in [2.45, 2.75) is 12.3 Å². The van der Waals surface area contributed by atoms with Gasteiger partial charge in [-0.15, -0.1) is 0 Å². The Morgan fingerprint density at radius 1 is 1.00 bits per heavy atom. The third-order valence-electron chi connectivity index (χ3n) is 1.76. The molecule has 100 valence electrons. The first kappa shape index (κ1) is 14.0. The summed E-state index contributed by atoms with van der Waals surface area (Å²) < 4.78 is 63.3. The topological polar surface area (TPSA) is 78.3 Å². The lowest BCUT2D eigenvalue weighted by Gasteiger charge is -2.19. The highest BCUT2D eigenvalue weighted by Crippen LogP contribution is 2.37. The van der Waals surface area contributed by atoms with E-state index in [2.05, 4.69) is 4.74 Å². The zero-order valence-corrected chi connectivity index (χ0v) is 8.59. The quantitative estimate of drug-likeness (QED) is 0.490. The highest BCUT2D eigenvalue weighted by Gasteiger charge is 2.62. The van der Waals surface area contributed by atoms with E-state index < -0.39 is 23.8 Å². The molecule has 0 saturated carbocycles. The second-order valence-corrected chi connectivity index (χ2v) is 3.29. The van der Waals surface area contributed by atoms with Crippen LogP contribution in [0.4, 0.5) is 33.3 Å². The van der Waals surface area contributed by atoms with Crippen LogP contribution in [0.5, 0.6) is 0 Å². The fourth-order valence-corrected chi connectivity index (χ4v) is 1.03. The lowest BCUT2D eigenvalue weighted by Crippen LogP contribution is -2.40. The van der Waals surface area contributed by atoms with Crippen LogP contribution in [0.15, 0.2) is 18.2 Å². The first-order valence-electron chi connectivity index (χ1n) is 4.37. The minimum absolute atomic E-state index is 0.0720. The Hall–Kier alpha value is -2.06. The van der Waals surface area contributed by atoms with E-state index in [1.807, 2.05) is 0 Å². The van der Waals surface area contributed by atoms with Gasteiger partial charge in [-0.05, 0) is 18.2 Å². The summed E-state index contributed by atoms with van der Waals surface area (Å²) in [6, 6.07) is 2.93. The van der Waals surface area contributed by atoms with Crippen LogP contribution in [0.25, 0.3) is 0 Å². The Balaban J connectivity index is 2.96. The molecule has 0 aliphatic heterocycles. The van der Waals surface area contributed by atoms with Gasteiger partial charge in [0.2, 0.25) is 0 Å². The summed E-state index contributed by atoms with van der Waals surface area (Å²) in [5, 5.41) is 0. The maximum Gasteiger partial charge on any atom is 0.501 e. The normalized spacial score (nSPS) is 12.3. The van der Waals surface area contributed by atoms with Crippen molar-refractivity contribution >= 4 is 17.3 Å². The van der Waals surface area contributed by atoms with Crippen molar-refractivity contribution in [3.8, 4) is 0 Å². The van der Waals surface area contributed by atoms with Gasteiger partial charge < -0.3 is 16.2 Å². The van der Waals surface area contributed by atoms with Gasteiger partial charge in [-0.25, -0.2) is 4.79 Å². The summed E-state index contributed by atoms with van der Waals surface area (Å²) in [5.74, 6) is -1.88. The number of benzene rings is 1. The van der Waals surface area contributed by atoms with Crippen LogP contribution in [0.1, 0.15) is 10.4 Å². The lowest BCUT2D eigenvalue weighted by atomic mass is 10.2. The molecular weight excluding hydrogens is 263 g/mol. The number of halogens is 5. The summed E-state index contributed by atoms with van der Waals surface area (Å²) in [7, 11) is 0. The molecule has 1 rings (SSSR count). The van der Waals surface area contributed by atoms with Crippen LogP contribution < -0.4 is 11.5 Å². The van der Waals surface area contributed by atoms with Crippen LogP contribution in [0.2, 0.25) is 0 Å². The van der Waals surface area contributed by atoms with Gasteiger partial charge in [0.05, 0.1) is 5.56 Å². The molecule has 0 saturated heterocycles. The number of anilines is 2. The average molecular weight is 270 g/mol. The van der Waals surface area contributed by atoms with E-state index in [4.69, 9.17) is 11.5 Å². The van der Waals surface area contributed by atoms with E-state index in [1.54, 1.807) is 0 Å². The van der Waals surface area contributed by atoms with Crippen molar-refractivity contribution in [3.05, 3.63) is 23.8 Å². The van der Waals surface area contributed by atoms with E-state index in [0.29, 0.717) is 0 Å². The number of ether oxygens (including phenoxy) is 1. The fourth-order valence-electron chi connectivity index (χ4n) is 1.03. The zero-order chi connectivity index (χ0) is 14.1. The number of rotatable bonds is 2. The predicted molar refractivity (Wildman–Crippen MR) is 51.7 cm³/mol. The molecule has 0 atom stereocenters. The number of carbonyl (C=O) groups is 1. The van der Waals surface area contributed by atoms with Crippen molar-refractivity contribution in [3.63, 3.8) is 0 Å². The van der Waals surface area contributed by atoms with Crippen LogP contribution in [-0.2, 0) is 4.74 Å². The van der Waals surface area contributed by atoms with E-state index >= 15 is 0 Å². The van der Waals surface area contributed by atoms with Gasteiger partial charge in [0.25, 0.3) is 0 Å². The van der Waals surface area contributed by atoms with Crippen molar-refractivity contribution in [1.29, 1.82) is 0 Å². The minimum atomic E-state index is -5.99. The molecule has 0 spiro atoms. The number of hydrogen-bond acceptors (Lipinski definition) is 4. The van der Waals surface area contributed by atoms with Crippen LogP contribution in [-0.4, -0.2) is 18.3 Å². The van der Waals surface area contributed by atoms with Crippen molar-refractivity contribution in [2.24, 2.45) is 0 Å². The molecule has 18 heavy (non-hydrogen) atoms. The Bertz CT molecular complexity index is 452. The van der Waals surface area contributed by atoms with Gasteiger partial charge in [0.1, 0.15) is 0 Å². The van der Waals surface area contributed by atoms with E-state index in [0.717, 1.165) is 12.1 Å². The van der Waals surface area contributed by atoms with Gasteiger partial charge in [0.15, 0.2) is 0 Å². The third kappa shape index (κ3) is 2.99. The van der Waals surface area contributed by atoms with Crippen molar-refractivity contribution < 1.29 is 31.5 Å². The van der Waals surface area contributed by atoms with Gasteiger partial charge in [-0.1, -0.05) is 0 Å². The van der Waals surface area contributed by atoms with E-state index in [-0.39, 0.29) is 11.4 Å². The molecule has 0 heterocycles. The number of nitrogens with two attached hydrogens (primary N) is 2.